The van der Waals surface area contributed by atoms with Gasteiger partial charge >= 0.3 is 0 Å². The minimum atomic E-state index is -0.166. The molecule has 1 N–H and O–H groups in total. The number of anilines is 1. The summed E-state index contributed by atoms with van der Waals surface area (Å²) in [5.41, 5.74) is 2.03. The van der Waals surface area contributed by atoms with Crippen molar-refractivity contribution in [2.24, 2.45) is 0 Å². The van der Waals surface area contributed by atoms with Gasteiger partial charge in [0.25, 0.3) is 5.91 Å². The third kappa shape index (κ3) is 3.93. The molecule has 3 aromatic rings. The van der Waals surface area contributed by atoms with Gasteiger partial charge in [0.15, 0.2) is 6.61 Å². The largest absolute Gasteiger partial charge is 0.484 e. The molecule has 3 nitrogen and oxygen atoms in total. The summed E-state index contributed by atoms with van der Waals surface area (Å²) < 4.78 is 5.60. The van der Waals surface area contributed by atoms with Crippen LogP contribution in [-0.4, -0.2) is 12.5 Å². The average molecular weight is 319 g/mol. The van der Waals surface area contributed by atoms with Crippen LogP contribution in [0.1, 0.15) is 25.3 Å². The number of rotatable bonds is 5. The fourth-order valence-electron chi connectivity index (χ4n) is 2.55. The summed E-state index contributed by atoms with van der Waals surface area (Å²) in [5.74, 6) is 1.01. The smallest absolute Gasteiger partial charge is 0.262 e. The third-order valence-corrected chi connectivity index (χ3v) is 3.95. The molecular weight excluding hydrogens is 298 g/mol. The Hall–Kier alpha value is -2.81. The minimum absolute atomic E-state index is 0.00965. The molecule has 3 rings (SSSR count). The molecule has 3 aromatic carbocycles. The molecule has 0 bridgehead atoms. The van der Waals surface area contributed by atoms with Gasteiger partial charge in [-0.1, -0.05) is 56.3 Å². The van der Waals surface area contributed by atoms with Crippen molar-refractivity contribution in [1.82, 2.24) is 0 Å². The maximum atomic E-state index is 12.0. The van der Waals surface area contributed by atoms with Crippen LogP contribution in [-0.2, 0) is 4.79 Å². The summed E-state index contributed by atoms with van der Waals surface area (Å²) in [6, 6.07) is 21.8. The van der Waals surface area contributed by atoms with E-state index in [1.165, 1.54) is 5.56 Å². The predicted octanol–water partition coefficient (Wildman–Crippen LogP) is 4.98. The molecule has 24 heavy (non-hydrogen) atoms. The zero-order chi connectivity index (χ0) is 16.9. The van der Waals surface area contributed by atoms with Crippen molar-refractivity contribution in [2.75, 3.05) is 11.9 Å². The number of benzene rings is 3. The molecule has 0 aliphatic rings. The second kappa shape index (κ2) is 7.18. The van der Waals surface area contributed by atoms with Crippen LogP contribution >= 0.6 is 0 Å². The second-order valence-electron chi connectivity index (χ2n) is 6.12. The van der Waals surface area contributed by atoms with Gasteiger partial charge in [-0.25, -0.2) is 0 Å². The molecule has 0 atom stereocenters. The van der Waals surface area contributed by atoms with E-state index in [0.717, 1.165) is 16.5 Å². The van der Waals surface area contributed by atoms with E-state index in [2.05, 4.69) is 19.2 Å². The van der Waals surface area contributed by atoms with Crippen LogP contribution < -0.4 is 10.1 Å². The quantitative estimate of drug-likeness (QED) is 0.720. The number of ether oxygens (including phenoxy) is 1. The standard InChI is InChI=1S/C21H21NO2/c1-15(2)16-7-10-19(11-8-16)22-21(23)14-24-20-12-9-17-5-3-4-6-18(17)13-20/h3-13,15H,14H2,1-2H3,(H,22,23). The lowest BCUT2D eigenvalue weighted by atomic mass is 10.0. The molecule has 3 heteroatoms. The van der Waals surface area contributed by atoms with Gasteiger partial charge in [-0.05, 0) is 46.5 Å². The number of fused-ring (bicyclic) bond motifs is 1. The summed E-state index contributed by atoms with van der Waals surface area (Å²) in [6.07, 6.45) is 0. The summed E-state index contributed by atoms with van der Waals surface area (Å²) in [5, 5.41) is 5.10. The Morgan fingerprint density at radius 2 is 1.67 bits per heavy atom. The van der Waals surface area contributed by atoms with Crippen LogP contribution in [0.4, 0.5) is 5.69 Å². The number of carbonyl (C=O) groups excluding carboxylic acids is 1. The SMILES string of the molecule is CC(C)c1ccc(NC(=O)COc2ccc3ccccc3c2)cc1. The van der Waals surface area contributed by atoms with Gasteiger partial charge in [0.1, 0.15) is 5.75 Å². The Kier molecular flexibility index (Phi) is 4.80. The highest BCUT2D eigenvalue weighted by Gasteiger charge is 2.05. The molecule has 0 aliphatic carbocycles. The molecule has 0 unspecified atom stereocenters. The number of nitrogens with one attached hydrogen (secondary N) is 1. The van der Waals surface area contributed by atoms with Gasteiger partial charge in [0, 0.05) is 5.69 Å². The van der Waals surface area contributed by atoms with Gasteiger partial charge in [-0.3, -0.25) is 4.79 Å². The Bertz CT molecular complexity index is 838. The highest BCUT2D eigenvalue weighted by Crippen LogP contribution is 2.21. The first-order valence-electron chi connectivity index (χ1n) is 8.13. The molecule has 122 valence electrons. The van der Waals surface area contributed by atoms with Crippen molar-refractivity contribution in [1.29, 1.82) is 0 Å². The van der Waals surface area contributed by atoms with Crippen LogP contribution in [0.2, 0.25) is 0 Å². The maximum Gasteiger partial charge on any atom is 0.262 e. The Labute approximate surface area is 142 Å². The van der Waals surface area contributed by atoms with Crippen molar-refractivity contribution in [3.8, 4) is 5.75 Å². The highest BCUT2D eigenvalue weighted by atomic mass is 16.5. The number of hydrogen-bond donors (Lipinski definition) is 1. The van der Waals surface area contributed by atoms with Crippen LogP contribution in [0.25, 0.3) is 10.8 Å². The normalized spacial score (nSPS) is 10.8. The molecule has 0 heterocycles. The summed E-state index contributed by atoms with van der Waals surface area (Å²) in [7, 11) is 0. The Morgan fingerprint density at radius 3 is 2.38 bits per heavy atom. The molecule has 0 fully saturated rings. The number of amides is 1. The van der Waals surface area contributed by atoms with E-state index < -0.39 is 0 Å². The minimum Gasteiger partial charge on any atom is -0.484 e. The fraction of sp³-hybridized carbons (Fsp3) is 0.190. The number of carbonyl (C=O) groups is 1. The average Bonchev–Trinajstić information content (AvgIpc) is 2.60. The van der Waals surface area contributed by atoms with Gasteiger partial charge in [0.05, 0.1) is 0 Å². The molecule has 0 aliphatic heterocycles. The monoisotopic (exact) mass is 319 g/mol. The van der Waals surface area contributed by atoms with Crippen LogP contribution in [0.3, 0.4) is 0 Å². The first-order chi connectivity index (χ1) is 11.6. The molecule has 0 saturated carbocycles. The topological polar surface area (TPSA) is 38.3 Å². The lowest BCUT2D eigenvalue weighted by molar-refractivity contribution is -0.118. The van der Waals surface area contributed by atoms with E-state index in [1.807, 2.05) is 66.7 Å². The summed E-state index contributed by atoms with van der Waals surface area (Å²) >= 11 is 0. The van der Waals surface area contributed by atoms with Crippen molar-refractivity contribution in [2.45, 2.75) is 19.8 Å². The van der Waals surface area contributed by atoms with Gasteiger partial charge in [0.2, 0.25) is 0 Å². The summed E-state index contributed by atoms with van der Waals surface area (Å²) in [6.45, 7) is 4.28. The van der Waals surface area contributed by atoms with Crippen LogP contribution in [0.5, 0.6) is 5.75 Å². The first kappa shape index (κ1) is 16.1. The molecule has 0 radical (unpaired) electrons. The Balaban J connectivity index is 1.58. The Morgan fingerprint density at radius 1 is 0.958 bits per heavy atom. The van der Waals surface area contributed by atoms with E-state index in [4.69, 9.17) is 4.74 Å². The zero-order valence-electron chi connectivity index (χ0n) is 14.0. The lowest BCUT2D eigenvalue weighted by Crippen LogP contribution is -2.20. The number of hydrogen-bond acceptors (Lipinski definition) is 2. The van der Waals surface area contributed by atoms with Crippen LogP contribution in [0, 0.1) is 0 Å². The van der Waals surface area contributed by atoms with Crippen molar-refractivity contribution in [3.63, 3.8) is 0 Å². The molecular formula is C21H21NO2. The van der Waals surface area contributed by atoms with E-state index in [1.54, 1.807) is 0 Å². The van der Waals surface area contributed by atoms with E-state index in [9.17, 15) is 4.79 Å². The lowest BCUT2D eigenvalue weighted by Gasteiger charge is -2.10. The van der Waals surface area contributed by atoms with Gasteiger partial charge < -0.3 is 10.1 Å². The first-order valence-corrected chi connectivity index (χ1v) is 8.13. The zero-order valence-corrected chi connectivity index (χ0v) is 14.0. The van der Waals surface area contributed by atoms with Gasteiger partial charge in [-0.15, -0.1) is 0 Å². The highest BCUT2D eigenvalue weighted by molar-refractivity contribution is 5.92. The predicted molar refractivity (Wildman–Crippen MR) is 98.6 cm³/mol. The second-order valence-corrected chi connectivity index (χ2v) is 6.12. The van der Waals surface area contributed by atoms with Crippen molar-refractivity contribution >= 4 is 22.4 Å². The van der Waals surface area contributed by atoms with Gasteiger partial charge in [-0.2, -0.15) is 0 Å². The maximum absolute atomic E-state index is 12.0. The molecule has 0 spiro atoms. The molecule has 0 aromatic heterocycles. The summed E-state index contributed by atoms with van der Waals surface area (Å²) in [4.78, 5) is 12.0. The van der Waals surface area contributed by atoms with E-state index in [0.29, 0.717) is 11.7 Å². The fourth-order valence-corrected chi connectivity index (χ4v) is 2.55. The van der Waals surface area contributed by atoms with Crippen LogP contribution in [0.15, 0.2) is 66.7 Å². The van der Waals surface area contributed by atoms with Crippen molar-refractivity contribution in [3.05, 3.63) is 72.3 Å². The molecule has 0 saturated heterocycles. The molecule has 1 amide bonds. The third-order valence-electron chi connectivity index (χ3n) is 3.95. The van der Waals surface area contributed by atoms with Crippen molar-refractivity contribution < 1.29 is 9.53 Å². The van der Waals surface area contributed by atoms with E-state index in [-0.39, 0.29) is 12.5 Å². The van der Waals surface area contributed by atoms with E-state index >= 15 is 0 Å².